The topological polar surface area (TPSA) is 66.4 Å². The van der Waals surface area contributed by atoms with Crippen molar-refractivity contribution < 1.29 is 32.3 Å². The Hall–Kier alpha value is -1.34. The zero-order valence-electron chi connectivity index (χ0n) is 8.89. The zero-order valence-corrected chi connectivity index (χ0v) is 8.89. The molecule has 0 spiro atoms. The highest BCUT2D eigenvalue weighted by Crippen LogP contribution is 2.21. The number of unbranched alkanes of at least 4 members (excludes halogenated alkanes) is 1. The minimum absolute atomic E-state index is 0.125. The quantitative estimate of drug-likeness (QED) is 0.514. The number of amides is 1. The Morgan fingerprint density at radius 3 is 2.18 bits per heavy atom. The molecule has 2 N–H and O–H groups in total. The fourth-order valence-electron chi connectivity index (χ4n) is 0.944. The van der Waals surface area contributed by atoms with E-state index in [1.807, 2.05) is 0 Å². The van der Waals surface area contributed by atoms with Gasteiger partial charge in [-0.15, -0.1) is 0 Å². The van der Waals surface area contributed by atoms with Crippen LogP contribution in [-0.4, -0.2) is 35.9 Å². The molecule has 0 radical (unpaired) electrons. The van der Waals surface area contributed by atoms with Crippen LogP contribution in [-0.2, 0) is 9.59 Å². The molecule has 0 bridgehead atoms. The summed E-state index contributed by atoms with van der Waals surface area (Å²) in [7, 11) is 0. The van der Waals surface area contributed by atoms with Crippen molar-refractivity contribution >= 4 is 11.9 Å². The summed E-state index contributed by atoms with van der Waals surface area (Å²) in [5.41, 5.74) is 0. The van der Waals surface area contributed by atoms with Crippen LogP contribution in [0.25, 0.3) is 0 Å². The Morgan fingerprint density at radius 1 is 1.18 bits per heavy atom. The third-order valence-corrected chi connectivity index (χ3v) is 1.88. The van der Waals surface area contributed by atoms with Crippen LogP contribution in [0.1, 0.15) is 25.7 Å². The van der Waals surface area contributed by atoms with Gasteiger partial charge in [-0.05, 0) is 12.8 Å². The fourth-order valence-corrected chi connectivity index (χ4v) is 0.944. The minimum atomic E-state index is -4.24. The highest BCUT2D eigenvalue weighted by molar-refractivity contribution is 5.76. The molecule has 0 aliphatic carbocycles. The average molecular weight is 259 g/mol. The van der Waals surface area contributed by atoms with Gasteiger partial charge in [0.2, 0.25) is 5.91 Å². The summed E-state index contributed by atoms with van der Waals surface area (Å²) in [6.07, 6.45) is -3.67. The van der Waals surface area contributed by atoms with Gasteiger partial charge in [0.15, 0.2) is 0 Å². The van der Waals surface area contributed by atoms with Gasteiger partial charge in [0.25, 0.3) is 0 Å². The van der Waals surface area contributed by atoms with Crippen LogP contribution in [0.3, 0.4) is 0 Å². The molecular weight excluding hydrogens is 246 g/mol. The number of aliphatic carboxylic acids is 1. The number of carbonyl (C=O) groups excluding carboxylic acids is 1. The molecule has 0 atom stereocenters. The summed E-state index contributed by atoms with van der Waals surface area (Å²) in [5, 5.41) is 9.94. The van der Waals surface area contributed by atoms with Crippen LogP contribution in [0.5, 0.6) is 0 Å². The number of halogens is 4. The summed E-state index contributed by atoms with van der Waals surface area (Å²) in [5.74, 6) is -6.05. The molecule has 1 amide bonds. The van der Waals surface area contributed by atoms with Gasteiger partial charge in [-0.2, -0.15) is 8.78 Å². The molecule has 0 rings (SSSR count). The summed E-state index contributed by atoms with van der Waals surface area (Å²) in [6.45, 7) is -1.41. The minimum Gasteiger partial charge on any atom is -0.481 e. The van der Waals surface area contributed by atoms with Crippen molar-refractivity contribution in [2.45, 2.75) is 38.0 Å². The lowest BCUT2D eigenvalue weighted by Gasteiger charge is -2.15. The van der Waals surface area contributed by atoms with E-state index in [1.165, 1.54) is 0 Å². The number of hydrogen-bond acceptors (Lipinski definition) is 2. The lowest BCUT2D eigenvalue weighted by molar-refractivity contribution is -0.138. The molecule has 0 unspecified atom stereocenters. The lowest BCUT2D eigenvalue weighted by Crippen LogP contribution is -2.41. The molecule has 0 aromatic carbocycles. The summed E-state index contributed by atoms with van der Waals surface area (Å²) in [6, 6.07) is 0. The number of carbonyl (C=O) groups is 2. The van der Waals surface area contributed by atoms with E-state index in [0.29, 0.717) is 0 Å². The predicted octanol–water partition coefficient (Wildman–Crippen LogP) is 1.65. The first kappa shape index (κ1) is 15.7. The van der Waals surface area contributed by atoms with Crippen LogP contribution >= 0.6 is 0 Å². The molecule has 0 fully saturated rings. The molecule has 0 saturated heterocycles. The maximum absolute atomic E-state index is 12.4. The number of rotatable bonds is 8. The van der Waals surface area contributed by atoms with Crippen LogP contribution < -0.4 is 5.32 Å². The summed E-state index contributed by atoms with van der Waals surface area (Å²) in [4.78, 5) is 21.0. The largest absolute Gasteiger partial charge is 0.481 e. The zero-order chi connectivity index (χ0) is 13.5. The standard InChI is InChI=1S/C9H13F4NO3/c10-8(11)9(12,13)5-14-6(15)3-1-2-4-7(16)17/h8H,1-5H2,(H,14,15)(H,16,17). The van der Waals surface area contributed by atoms with Crippen molar-refractivity contribution in [2.75, 3.05) is 6.54 Å². The predicted molar refractivity (Wildman–Crippen MR) is 50.1 cm³/mol. The molecule has 4 nitrogen and oxygen atoms in total. The van der Waals surface area contributed by atoms with Crippen LogP contribution in [0.2, 0.25) is 0 Å². The second-order valence-corrected chi connectivity index (χ2v) is 3.44. The van der Waals surface area contributed by atoms with Crippen molar-refractivity contribution in [1.82, 2.24) is 5.32 Å². The highest BCUT2D eigenvalue weighted by atomic mass is 19.3. The average Bonchev–Trinajstić information content (AvgIpc) is 2.21. The van der Waals surface area contributed by atoms with E-state index in [0.717, 1.165) is 0 Å². The number of carboxylic acid groups (broad SMARTS) is 1. The third kappa shape index (κ3) is 7.53. The maximum atomic E-state index is 12.4. The van der Waals surface area contributed by atoms with Gasteiger partial charge in [-0.1, -0.05) is 0 Å². The van der Waals surface area contributed by atoms with Gasteiger partial charge in [0.05, 0.1) is 6.54 Å². The monoisotopic (exact) mass is 259 g/mol. The number of hydrogen-bond donors (Lipinski definition) is 2. The number of nitrogens with one attached hydrogen (secondary N) is 1. The number of carboxylic acids is 1. The summed E-state index contributed by atoms with van der Waals surface area (Å²) < 4.78 is 48.1. The smallest absolute Gasteiger partial charge is 0.324 e. The van der Waals surface area contributed by atoms with Crippen LogP contribution in [0.4, 0.5) is 17.6 Å². The van der Waals surface area contributed by atoms with E-state index in [2.05, 4.69) is 0 Å². The van der Waals surface area contributed by atoms with E-state index in [4.69, 9.17) is 5.11 Å². The molecule has 8 heteroatoms. The van der Waals surface area contributed by atoms with E-state index < -0.39 is 30.8 Å². The molecule has 17 heavy (non-hydrogen) atoms. The number of alkyl halides is 4. The Labute approximate surface area is 95.0 Å². The Bertz CT molecular complexity index is 271. The molecule has 0 heterocycles. The van der Waals surface area contributed by atoms with Gasteiger partial charge in [-0.25, -0.2) is 8.78 Å². The Balaban J connectivity index is 3.70. The summed E-state index contributed by atoms with van der Waals surface area (Å²) >= 11 is 0. The highest BCUT2D eigenvalue weighted by Gasteiger charge is 2.40. The third-order valence-electron chi connectivity index (χ3n) is 1.88. The SMILES string of the molecule is O=C(O)CCCCC(=O)NCC(F)(F)C(F)F. The van der Waals surface area contributed by atoms with Crippen molar-refractivity contribution in [1.29, 1.82) is 0 Å². The fraction of sp³-hybridized carbons (Fsp3) is 0.778. The molecule has 0 aromatic rings. The van der Waals surface area contributed by atoms with E-state index in [9.17, 15) is 27.2 Å². The van der Waals surface area contributed by atoms with Crippen molar-refractivity contribution in [3.63, 3.8) is 0 Å². The second kappa shape index (κ2) is 7.08. The molecule has 100 valence electrons. The van der Waals surface area contributed by atoms with Gasteiger partial charge >= 0.3 is 18.3 Å². The Morgan fingerprint density at radius 2 is 1.71 bits per heavy atom. The van der Waals surface area contributed by atoms with E-state index in [1.54, 1.807) is 5.32 Å². The molecule has 0 aliphatic heterocycles. The van der Waals surface area contributed by atoms with Gasteiger partial charge in [-0.3, -0.25) is 9.59 Å². The van der Waals surface area contributed by atoms with Gasteiger partial charge < -0.3 is 10.4 Å². The van der Waals surface area contributed by atoms with Crippen molar-refractivity contribution in [3.05, 3.63) is 0 Å². The first-order valence-electron chi connectivity index (χ1n) is 4.90. The lowest BCUT2D eigenvalue weighted by atomic mass is 10.2. The van der Waals surface area contributed by atoms with Crippen molar-refractivity contribution in [2.24, 2.45) is 0 Å². The molecular formula is C9H13F4NO3. The first-order valence-corrected chi connectivity index (χ1v) is 4.90. The van der Waals surface area contributed by atoms with Crippen LogP contribution in [0.15, 0.2) is 0 Å². The second-order valence-electron chi connectivity index (χ2n) is 3.44. The van der Waals surface area contributed by atoms with Crippen LogP contribution in [0, 0.1) is 0 Å². The van der Waals surface area contributed by atoms with E-state index in [-0.39, 0.29) is 25.7 Å². The van der Waals surface area contributed by atoms with E-state index >= 15 is 0 Å². The molecule has 0 saturated carbocycles. The van der Waals surface area contributed by atoms with Gasteiger partial charge in [0.1, 0.15) is 0 Å². The molecule has 0 aromatic heterocycles. The normalized spacial score (nSPS) is 11.6. The Kier molecular flexibility index (Phi) is 6.52. The maximum Gasteiger partial charge on any atom is 0.324 e. The van der Waals surface area contributed by atoms with Crippen molar-refractivity contribution in [3.8, 4) is 0 Å². The first-order chi connectivity index (χ1) is 7.75. The molecule has 0 aliphatic rings. The van der Waals surface area contributed by atoms with Gasteiger partial charge in [0, 0.05) is 12.8 Å².